The summed E-state index contributed by atoms with van der Waals surface area (Å²) in [7, 11) is 0. The highest BCUT2D eigenvalue weighted by Gasteiger charge is 2.22. The number of anilines is 1. The zero-order chi connectivity index (χ0) is 18.1. The van der Waals surface area contributed by atoms with Crippen LogP contribution >= 0.6 is 0 Å². The first kappa shape index (κ1) is 16.5. The summed E-state index contributed by atoms with van der Waals surface area (Å²) in [6.45, 7) is 3.52. The molecule has 2 N–H and O–H groups in total. The van der Waals surface area contributed by atoms with Crippen LogP contribution < -0.4 is 16.2 Å². The number of pyridine rings is 2. The highest BCUT2D eigenvalue weighted by molar-refractivity contribution is 6.04. The van der Waals surface area contributed by atoms with E-state index in [0.29, 0.717) is 17.2 Å². The number of hydrogen-bond donors (Lipinski definition) is 2. The van der Waals surface area contributed by atoms with Crippen molar-refractivity contribution in [2.45, 2.75) is 25.8 Å². The van der Waals surface area contributed by atoms with Crippen LogP contribution in [0.2, 0.25) is 0 Å². The van der Waals surface area contributed by atoms with E-state index in [4.69, 9.17) is 0 Å². The number of aryl methyl sites for hydroxylation is 1. The first-order valence-corrected chi connectivity index (χ1v) is 8.69. The molecular formula is C18H20N6O2. The molecule has 0 spiro atoms. The lowest BCUT2D eigenvalue weighted by atomic mass is 10.0. The van der Waals surface area contributed by atoms with Crippen LogP contribution in [0.3, 0.4) is 0 Å². The molecule has 3 aromatic rings. The summed E-state index contributed by atoms with van der Waals surface area (Å²) < 4.78 is 3.35. The van der Waals surface area contributed by atoms with Crippen LogP contribution in [0.5, 0.6) is 0 Å². The van der Waals surface area contributed by atoms with Gasteiger partial charge < -0.3 is 9.88 Å². The van der Waals surface area contributed by atoms with Crippen LogP contribution in [0.15, 0.2) is 41.5 Å². The molecule has 3 aromatic heterocycles. The van der Waals surface area contributed by atoms with E-state index in [2.05, 4.69) is 20.8 Å². The minimum absolute atomic E-state index is 0.116. The topological polar surface area (TPSA) is 93.3 Å². The van der Waals surface area contributed by atoms with Crippen molar-refractivity contribution in [1.29, 1.82) is 0 Å². The molecule has 8 heteroatoms. The van der Waals surface area contributed by atoms with Crippen LogP contribution in [0.4, 0.5) is 5.95 Å². The second-order valence-electron chi connectivity index (χ2n) is 6.47. The number of nitrogens with zero attached hydrogens (tertiary/aromatic N) is 4. The summed E-state index contributed by atoms with van der Waals surface area (Å²) in [5, 5.41) is 14.0. The Balaban J connectivity index is 1.68. The van der Waals surface area contributed by atoms with Gasteiger partial charge in [0.1, 0.15) is 5.56 Å². The molecule has 26 heavy (non-hydrogen) atoms. The predicted octanol–water partition coefficient (Wildman–Crippen LogP) is 1.38. The van der Waals surface area contributed by atoms with E-state index >= 15 is 0 Å². The Hall–Kier alpha value is -3.00. The quantitative estimate of drug-likeness (QED) is 0.743. The van der Waals surface area contributed by atoms with Crippen LogP contribution in [0.25, 0.3) is 5.65 Å². The molecule has 8 nitrogen and oxygen atoms in total. The maximum Gasteiger partial charge on any atom is 0.263 e. The lowest BCUT2D eigenvalue weighted by Crippen LogP contribution is -2.37. The fourth-order valence-electron chi connectivity index (χ4n) is 3.38. The van der Waals surface area contributed by atoms with E-state index in [1.807, 2.05) is 18.2 Å². The zero-order valence-corrected chi connectivity index (χ0v) is 14.5. The Morgan fingerprint density at radius 3 is 2.81 bits per heavy atom. The summed E-state index contributed by atoms with van der Waals surface area (Å²) in [5.74, 6) is -0.171. The van der Waals surface area contributed by atoms with Gasteiger partial charge in [-0.3, -0.25) is 19.3 Å². The zero-order valence-electron chi connectivity index (χ0n) is 14.5. The molecule has 0 aromatic carbocycles. The highest BCUT2D eigenvalue weighted by atomic mass is 16.2. The van der Waals surface area contributed by atoms with Crippen molar-refractivity contribution in [2.24, 2.45) is 0 Å². The largest absolute Gasteiger partial charge is 0.317 e. The molecule has 0 radical (unpaired) electrons. The third-order valence-electron chi connectivity index (χ3n) is 4.80. The van der Waals surface area contributed by atoms with E-state index in [1.165, 1.54) is 0 Å². The molecule has 0 bridgehead atoms. The van der Waals surface area contributed by atoms with Gasteiger partial charge in [0, 0.05) is 18.4 Å². The highest BCUT2D eigenvalue weighted by Crippen LogP contribution is 2.18. The van der Waals surface area contributed by atoms with Gasteiger partial charge in [0.2, 0.25) is 5.95 Å². The molecule has 0 unspecified atom stereocenters. The van der Waals surface area contributed by atoms with Gasteiger partial charge in [-0.1, -0.05) is 6.07 Å². The monoisotopic (exact) mass is 352 g/mol. The molecule has 0 atom stereocenters. The predicted molar refractivity (Wildman–Crippen MR) is 97.5 cm³/mol. The minimum Gasteiger partial charge on any atom is -0.317 e. The molecule has 1 amide bonds. The Bertz CT molecular complexity index is 1020. The van der Waals surface area contributed by atoms with Gasteiger partial charge in [-0.25, -0.2) is 0 Å². The lowest BCUT2D eigenvalue weighted by molar-refractivity contribution is 0.102. The molecule has 1 aliphatic rings. The van der Waals surface area contributed by atoms with Gasteiger partial charge in [-0.2, -0.15) is 0 Å². The summed E-state index contributed by atoms with van der Waals surface area (Å²) in [5.41, 5.74) is 1.16. The fraction of sp³-hybridized carbons (Fsp3) is 0.333. The first-order valence-electron chi connectivity index (χ1n) is 8.69. The van der Waals surface area contributed by atoms with Crippen molar-refractivity contribution in [3.63, 3.8) is 0 Å². The van der Waals surface area contributed by atoms with E-state index in [-0.39, 0.29) is 17.2 Å². The number of piperidine rings is 1. The first-order chi connectivity index (χ1) is 12.6. The Morgan fingerprint density at radius 1 is 1.19 bits per heavy atom. The van der Waals surface area contributed by atoms with Crippen molar-refractivity contribution in [2.75, 3.05) is 18.4 Å². The average Bonchev–Trinajstić information content (AvgIpc) is 3.06. The van der Waals surface area contributed by atoms with E-state index in [0.717, 1.165) is 25.9 Å². The maximum atomic E-state index is 13.0. The number of carbonyl (C=O) groups is 1. The molecule has 0 aliphatic carbocycles. The molecule has 134 valence electrons. The molecule has 4 heterocycles. The molecule has 1 aliphatic heterocycles. The van der Waals surface area contributed by atoms with Gasteiger partial charge in [-0.05, 0) is 56.6 Å². The smallest absolute Gasteiger partial charge is 0.263 e. The number of fused-ring (bicyclic) bond motifs is 1. The van der Waals surface area contributed by atoms with Crippen molar-refractivity contribution >= 4 is 17.5 Å². The number of amides is 1. The second kappa shape index (κ2) is 6.72. The van der Waals surface area contributed by atoms with Crippen LogP contribution in [-0.2, 0) is 0 Å². The number of rotatable bonds is 3. The average molecular weight is 352 g/mol. The molecular weight excluding hydrogens is 332 g/mol. The minimum atomic E-state index is -0.464. The van der Waals surface area contributed by atoms with Gasteiger partial charge in [0.05, 0.1) is 0 Å². The van der Waals surface area contributed by atoms with Crippen molar-refractivity contribution in [3.8, 4) is 0 Å². The number of nitrogens with one attached hydrogen (secondary N) is 2. The van der Waals surface area contributed by atoms with Gasteiger partial charge in [0.15, 0.2) is 5.65 Å². The lowest BCUT2D eigenvalue weighted by Gasteiger charge is -2.25. The standard InChI is InChI=1S/C18H20N6O2/c1-12-7-11-23(13-5-8-19-9-6-13)17(26)15(12)16(25)20-18-22-21-14-4-2-3-10-24(14)18/h2-4,7,10-11,13,19H,5-6,8-9H2,1H3,(H,20,22,25). The summed E-state index contributed by atoms with van der Waals surface area (Å²) in [6, 6.07) is 7.39. The maximum absolute atomic E-state index is 13.0. The summed E-state index contributed by atoms with van der Waals surface area (Å²) in [4.78, 5) is 25.8. The number of aromatic nitrogens is 4. The third-order valence-corrected chi connectivity index (χ3v) is 4.80. The summed E-state index contributed by atoms with van der Waals surface area (Å²) in [6.07, 6.45) is 5.30. The molecule has 0 saturated carbocycles. The second-order valence-corrected chi connectivity index (χ2v) is 6.47. The molecule has 1 fully saturated rings. The van der Waals surface area contributed by atoms with Crippen LogP contribution in [0.1, 0.15) is 34.8 Å². The number of hydrogen-bond acceptors (Lipinski definition) is 5. The molecule has 1 saturated heterocycles. The van der Waals surface area contributed by atoms with Crippen molar-refractivity contribution in [1.82, 2.24) is 24.5 Å². The Kier molecular flexibility index (Phi) is 4.26. The Morgan fingerprint density at radius 2 is 2.00 bits per heavy atom. The van der Waals surface area contributed by atoms with E-state index in [9.17, 15) is 9.59 Å². The molecule has 4 rings (SSSR count). The number of carbonyl (C=O) groups excluding carboxylic acids is 1. The van der Waals surface area contributed by atoms with Crippen LogP contribution in [0, 0.1) is 6.92 Å². The van der Waals surface area contributed by atoms with E-state index in [1.54, 1.807) is 34.4 Å². The van der Waals surface area contributed by atoms with Crippen molar-refractivity contribution in [3.05, 3.63) is 58.1 Å². The van der Waals surface area contributed by atoms with Gasteiger partial charge in [-0.15, -0.1) is 10.2 Å². The normalized spacial score (nSPS) is 15.3. The third kappa shape index (κ3) is 2.88. The van der Waals surface area contributed by atoms with Gasteiger partial charge >= 0.3 is 0 Å². The van der Waals surface area contributed by atoms with Gasteiger partial charge in [0.25, 0.3) is 11.5 Å². The SMILES string of the molecule is Cc1ccn(C2CCNCC2)c(=O)c1C(=O)Nc1nnc2ccccn12. The van der Waals surface area contributed by atoms with Crippen molar-refractivity contribution < 1.29 is 4.79 Å². The Labute approximate surface area is 149 Å². The fourth-order valence-corrected chi connectivity index (χ4v) is 3.38. The summed E-state index contributed by atoms with van der Waals surface area (Å²) >= 11 is 0. The van der Waals surface area contributed by atoms with E-state index < -0.39 is 5.91 Å². The van der Waals surface area contributed by atoms with Crippen LogP contribution in [-0.4, -0.2) is 38.2 Å².